The summed E-state index contributed by atoms with van der Waals surface area (Å²) >= 11 is 1.80. The zero-order valence-corrected chi connectivity index (χ0v) is 14.9. The first-order valence-corrected chi connectivity index (χ1v) is 8.98. The Balaban J connectivity index is 2.21. The van der Waals surface area contributed by atoms with Crippen molar-refractivity contribution in [3.63, 3.8) is 0 Å². The fraction of sp³-hybridized carbons (Fsp3) is 0.538. The van der Waals surface area contributed by atoms with Crippen LogP contribution in [-0.2, 0) is 9.53 Å². The molecule has 0 aliphatic carbocycles. The Morgan fingerprint density at radius 3 is 2.76 bits per heavy atom. The van der Waals surface area contributed by atoms with E-state index in [1.165, 1.54) is 13.8 Å². The van der Waals surface area contributed by atoms with Crippen LogP contribution in [0.5, 0.6) is 0 Å². The van der Waals surface area contributed by atoms with Crippen LogP contribution >= 0.6 is 23.1 Å². The van der Waals surface area contributed by atoms with E-state index in [4.69, 9.17) is 10.5 Å². The molecule has 2 aromatic heterocycles. The topological polar surface area (TPSA) is 161 Å². The Morgan fingerprint density at radius 1 is 1.48 bits per heavy atom. The highest BCUT2D eigenvalue weighted by Gasteiger charge is 2.50. The Kier molecular flexibility index (Phi) is 4.39. The van der Waals surface area contributed by atoms with Crippen LogP contribution in [0.15, 0.2) is 9.59 Å². The number of nitrogen functional groups attached to an aromatic ring is 1. The van der Waals surface area contributed by atoms with Gasteiger partial charge in [0.05, 0.1) is 17.3 Å². The summed E-state index contributed by atoms with van der Waals surface area (Å²) in [6, 6.07) is 0. The number of rotatable bonds is 4. The molecule has 0 radical (unpaired) electrons. The first-order valence-electron chi connectivity index (χ1n) is 7.22. The summed E-state index contributed by atoms with van der Waals surface area (Å²) in [4.78, 5) is 41.9. The third-order valence-electron chi connectivity index (χ3n) is 4.01. The highest BCUT2D eigenvalue weighted by Crippen LogP contribution is 2.48. The molecule has 3 heterocycles. The fourth-order valence-corrected chi connectivity index (χ4v) is 4.79. The molecule has 0 saturated carbocycles. The van der Waals surface area contributed by atoms with Crippen LogP contribution in [0, 0.1) is 5.41 Å². The third kappa shape index (κ3) is 2.84. The number of ether oxygens (including phenoxy) is 1. The molecule has 1 aliphatic rings. The van der Waals surface area contributed by atoms with E-state index < -0.39 is 38.7 Å². The largest absolute Gasteiger partial charge is 0.481 e. The van der Waals surface area contributed by atoms with E-state index in [9.17, 15) is 24.6 Å². The average molecular weight is 388 g/mol. The van der Waals surface area contributed by atoms with Crippen molar-refractivity contribution in [2.75, 3.05) is 12.3 Å². The van der Waals surface area contributed by atoms with Gasteiger partial charge in [0, 0.05) is 0 Å². The summed E-state index contributed by atoms with van der Waals surface area (Å²) in [6.07, 6.45) is -1.01. The van der Waals surface area contributed by atoms with Gasteiger partial charge in [-0.1, -0.05) is 11.3 Å². The predicted molar refractivity (Wildman–Crippen MR) is 92.7 cm³/mol. The van der Waals surface area contributed by atoms with Crippen molar-refractivity contribution in [3.05, 3.63) is 20.0 Å². The number of thiazole rings is 1. The summed E-state index contributed by atoms with van der Waals surface area (Å²) in [5.74, 6) is -1.24. The Labute approximate surface area is 148 Å². The van der Waals surface area contributed by atoms with Gasteiger partial charge in [-0.25, -0.2) is 0 Å². The number of carboxylic acids is 1. The maximum atomic E-state index is 12.5. The van der Waals surface area contributed by atoms with Crippen molar-refractivity contribution in [1.82, 2.24) is 14.5 Å². The lowest BCUT2D eigenvalue weighted by Crippen LogP contribution is -2.40. The lowest BCUT2D eigenvalue weighted by molar-refractivity contribution is -0.149. The Hall–Kier alpha value is -1.89. The molecule has 3 rings (SSSR count). The maximum absolute atomic E-state index is 12.5. The SMILES string of the molecule is CC(C)(C(=O)O)[C@@H]1S[C@@H](CO)O[C@H]1n1c(=O)sc2c(=O)[nH]c(N)nc21. The first-order chi connectivity index (χ1) is 11.7. The number of aliphatic carboxylic acids is 1. The lowest BCUT2D eigenvalue weighted by Gasteiger charge is -2.29. The number of hydrogen-bond acceptors (Lipinski definition) is 9. The number of carbonyl (C=O) groups is 1. The normalized spacial score (nSPS) is 24.0. The fourth-order valence-electron chi connectivity index (χ4n) is 2.59. The molecule has 5 N–H and O–H groups in total. The van der Waals surface area contributed by atoms with Gasteiger partial charge in [-0.3, -0.25) is 23.9 Å². The number of carboxylic acid groups (broad SMARTS) is 1. The molecule has 136 valence electrons. The number of nitrogens with two attached hydrogens (primary N) is 1. The molecular weight excluding hydrogens is 372 g/mol. The van der Waals surface area contributed by atoms with E-state index in [-0.39, 0.29) is 22.9 Å². The number of nitrogens with one attached hydrogen (secondary N) is 1. The van der Waals surface area contributed by atoms with Gasteiger partial charge in [0.15, 0.2) is 11.9 Å². The van der Waals surface area contributed by atoms with E-state index in [2.05, 4.69) is 9.97 Å². The number of nitrogens with zero attached hydrogens (tertiary/aromatic N) is 2. The van der Waals surface area contributed by atoms with Crippen molar-refractivity contribution < 1.29 is 19.7 Å². The molecule has 1 fully saturated rings. The van der Waals surface area contributed by atoms with Crippen molar-refractivity contribution in [2.24, 2.45) is 5.41 Å². The van der Waals surface area contributed by atoms with Gasteiger partial charge in [0.2, 0.25) is 5.95 Å². The third-order valence-corrected chi connectivity index (χ3v) is 6.63. The molecular formula is C13H16N4O6S2. The molecule has 3 atom stereocenters. The zero-order valence-electron chi connectivity index (χ0n) is 13.3. The molecule has 1 aliphatic heterocycles. The summed E-state index contributed by atoms with van der Waals surface area (Å²) in [5.41, 5.74) is 3.08. The van der Waals surface area contributed by atoms with Crippen LogP contribution in [-0.4, -0.2) is 48.0 Å². The summed E-state index contributed by atoms with van der Waals surface area (Å²) in [7, 11) is 0. The van der Waals surface area contributed by atoms with Gasteiger partial charge >= 0.3 is 10.8 Å². The van der Waals surface area contributed by atoms with Crippen LogP contribution in [0.25, 0.3) is 10.3 Å². The van der Waals surface area contributed by atoms with Crippen LogP contribution in [0.4, 0.5) is 5.95 Å². The molecule has 0 spiro atoms. The van der Waals surface area contributed by atoms with E-state index in [0.29, 0.717) is 11.3 Å². The van der Waals surface area contributed by atoms with Crippen LogP contribution < -0.4 is 16.2 Å². The second kappa shape index (κ2) is 6.12. The number of H-pyrrole nitrogens is 1. The summed E-state index contributed by atoms with van der Waals surface area (Å²) < 4.78 is 6.92. The smallest absolute Gasteiger partial charge is 0.311 e. The van der Waals surface area contributed by atoms with Gasteiger partial charge < -0.3 is 20.7 Å². The van der Waals surface area contributed by atoms with Gasteiger partial charge in [-0.15, -0.1) is 11.8 Å². The molecule has 0 unspecified atom stereocenters. The number of aliphatic hydroxyl groups excluding tert-OH is 1. The van der Waals surface area contributed by atoms with Gasteiger partial charge in [-0.2, -0.15) is 4.98 Å². The monoisotopic (exact) mass is 388 g/mol. The second-order valence-corrected chi connectivity index (χ2v) is 8.33. The van der Waals surface area contributed by atoms with Crippen LogP contribution in [0.1, 0.15) is 20.1 Å². The number of aliphatic hydroxyl groups is 1. The molecule has 12 heteroatoms. The van der Waals surface area contributed by atoms with Crippen LogP contribution in [0.3, 0.4) is 0 Å². The molecule has 2 aromatic rings. The first kappa shape index (κ1) is 17.9. The second-order valence-electron chi connectivity index (χ2n) is 6.06. The number of aromatic nitrogens is 3. The number of aromatic amines is 1. The van der Waals surface area contributed by atoms with Crippen LogP contribution in [0.2, 0.25) is 0 Å². The predicted octanol–water partition coefficient (Wildman–Crippen LogP) is -0.212. The van der Waals surface area contributed by atoms with Gasteiger partial charge in [-0.05, 0) is 13.8 Å². The minimum atomic E-state index is -1.26. The minimum Gasteiger partial charge on any atom is -0.481 e. The lowest BCUT2D eigenvalue weighted by atomic mass is 9.88. The molecule has 0 aromatic carbocycles. The van der Waals surface area contributed by atoms with E-state index in [1.54, 1.807) is 0 Å². The van der Waals surface area contributed by atoms with E-state index in [1.807, 2.05) is 0 Å². The number of anilines is 1. The quantitative estimate of drug-likeness (QED) is 0.555. The van der Waals surface area contributed by atoms with Gasteiger partial charge in [0.25, 0.3) is 5.56 Å². The zero-order chi connectivity index (χ0) is 18.5. The molecule has 1 saturated heterocycles. The van der Waals surface area contributed by atoms with E-state index >= 15 is 0 Å². The van der Waals surface area contributed by atoms with Crippen molar-refractivity contribution >= 4 is 45.4 Å². The minimum absolute atomic E-state index is 0.0339. The molecule has 0 bridgehead atoms. The molecule has 25 heavy (non-hydrogen) atoms. The Morgan fingerprint density at radius 2 is 2.16 bits per heavy atom. The highest BCUT2D eigenvalue weighted by atomic mass is 32.2. The average Bonchev–Trinajstić information content (AvgIpc) is 3.08. The number of fused-ring (bicyclic) bond motifs is 1. The van der Waals surface area contributed by atoms with Crippen molar-refractivity contribution in [1.29, 1.82) is 0 Å². The number of thioether (sulfide) groups is 1. The molecule has 10 nitrogen and oxygen atoms in total. The standard InChI is InChI=1S/C13H16N4O6S2/c1-13(2,10(20)21)6-9(23-4(3-18)24-6)17-7-5(25-12(17)22)8(19)16-11(14)15-7/h4,6,9,18H,3H2,1-2H3,(H,20,21)(H3,14,15,16,19)/t4-,6+,9+/m0/s1. The summed E-state index contributed by atoms with van der Waals surface area (Å²) in [6.45, 7) is 2.68. The summed E-state index contributed by atoms with van der Waals surface area (Å²) in [5, 5.41) is 18.3. The van der Waals surface area contributed by atoms with Crippen molar-refractivity contribution in [3.8, 4) is 0 Å². The number of hydrogen-bond donors (Lipinski definition) is 4. The highest BCUT2D eigenvalue weighted by molar-refractivity contribution is 8.00. The molecule has 0 amide bonds. The van der Waals surface area contributed by atoms with E-state index in [0.717, 1.165) is 16.3 Å². The van der Waals surface area contributed by atoms with Crippen molar-refractivity contribution in [2.45, 2.75) is 30.8 Å². The maximum Gasteiger partial charge on any atom is 0.311 e. The van der Waals surface area contributed by atoms with Gasteiger partial charge in [0.1, 0.15) is 10.1 Å². The Bertz CT molecular complexity index is 948.